The number of hydrogen-bond acceptors (Lipinski definition) is 4. The summed E-state index contributed by atoms with van der Waals surface area (Å²) in [7, 11) is -3.30. The van der Waals surface area contributed by atoms with Crippen LogP contribution in [-0.4, -0.2) is 38.4 Å². The van der Waals surface area contributed by atoms with Crippen LogP contribution in [0.3, 0.4) is 0 Å². The summed E-state index contributed by atoms with van der Waals surface area (Å²) in [4.78, 5) is 2.47. The third-order valence-corrected chi connectivity index (χ3v) is 7.58. The van der Waals surface area contributed by atoms with Crippen LogP contribution >= 0.6 is 11.3 Å². The zero-order valence-electron chi connectivity index (χ0n) is 12.8. The van der Waals surface area contributed by atoms with Gasteiger partial charge in [0.25, 0.3) is 0 Å². The number of nitrogens with zero attached hydrogens (tertiary/aromatic N) is 1. The number of rotatable bonds is 5. The summed E-state index contributed by atoms with van der Waals surface area (Å²) in [5.74, 6) is 0.878. The van der Waals surface area contributed by atoms with Gasteiger partial charge in [0, 0.05) is 28.9 Å². The van der Waals surface area contributed by atoms with Crippen LogP contribution in [0.2, 0.25) is 0 Å². The molecular weight excluding hydrogens is 304 g/mol. The lowest BCUT2D eigenvalue weighted by atomic mass is 10.1. The molecule has 1 aromatic heterocycles. The Balaban J connectivity index is 1.61. The van der Waals surface area contributed by atoms with Gasteiger partial charge in [-0.1, -0.05) is 0 Å². The number of thiophene rings is 1. The molecule has 0 spiro atoms. The van der Waals surface area contributed by atoms with Gasteiger partial charge in [-0.25, -0.2) is 8.42 Å². The van der Waals surface area contributed by atoms with E-state index in [9.17, 15) is 8.42 Å². The monoisotopic (exact) mass is 328 g/mol. The molecule has 1 saturated carbocycles. The molecule has 118 valence electrons. The summed E-state index contributed by atoms with van der Waals surface area (Å²) in [5.41, 5.74) is 0. The topological polar surface area (TPSA) is 49.4 Å². The van der Waals surface area contributed by atoms with Gasteiger partial charge in [-0.2, -0.15) is 4.31 Å². The second-order valence-corrected chi connectivity index (χ2v) is 9.67. The minimum atomic E-state index is -3.30. The van der Waals surface area contributed by atoms with Crippen LogP contribution < -0.4 is 5.32 Å². The predicted octanol–water partition coefficient (Wildman–Crippen LogP) is 2.52. The molecule has 1 aliphatic heterocycles. The highest BCUT2D eigenvalue weighted by atomic mass is 32.2. The fourth-order valence-corrected chi connectivity index (χ4v) is 5.95. The summed E-state index contributed by atoms with van der Waals surface area (Å²) in [6, 6.07) is 2.30. The lowest BCUT2D eigenvalue weighted by Crippen LogP contribution is -2.45. The molecule has 2 fully saturated rings. The smallest absolute Gasteiger partial charge is 0.244 e. The quantitative estimate of drug-likeness (QED) is 0.903. The molecule has 21 heavy (non-hydrogen) atoms. The minimum Gasteiger partial charge on any atom is -0.314 e. The number of aryl methyl sites for hydroxylation is 2. The van der Waals surface area contributed by atoms with E-state index < -0.39 is 10.0 Å². The Hall–Kier alpha value is -0.430. The first-order valence-electron chi connectivity index (χ1n) is 7.77. The van der Waals surface area contributed by atoms with Crippen molar-refractivity contribution in [1.82, 2.24) is 9.62 Å². The second kappa shape index (κ2) is 5.99. The summed E-state index contributed by atoms with van der Waals surface area (Å²) < 4.78 is 27.1. The van der Waals surface area contributed by atoms with Crippen molar-refractivity contribution in [1.29, 1.82) is 0 Å². The van der Waals surface area contributed by atoms with E-state index in [1.807, 2.05) is 19.9 Å². The Morgan fingerprint density at radius 1 is 1.24 bits per heavy atom. The SMILES string of the molecule is Cc1cc(S(=O)(=O)N2CCC(NCC3CC3)CC2)c(C)s1. The lowest BCUT2D eigenvalue weighted by molar-refractivity contribution is 0.288. The van der Waals surface area contributed by atoms with E-state index in [0.717, 1.165) is 35.1 Å². The molecule has 1 aliphatic carbocycles. The molecule has 3 rings (SSSR count). The van der Waals surface area contributed by atoms with Crippen LogP contribution in [0, 0.1) is 19.8 Å². The maximum absolute atomic E-state index is 12.7. The van der Waals surface area contributed by atoms with E-state index in [1.54, 1.807) is 15.6 Å². The molecule has 4 nitrogen and oxygen atoms in total. The van der Waals surface area contributed by atoms with Crippen molar-refractivity contribution in [3.8, 4) is 0 Å². The molecule has 2 heterocycles. The van der Waals surface area contributed by atoms with Gasteiger partial charge in [0.15, 0.2) is 0 Å². The van der Waals surface area contributed by atoms with Crippen LogP contribution in [0.25, 0.3) is 0 Å². The predicted molar refractivity (Wildman–Crippen MR) is 86.3 cm³/mol. The van der Waals surface area contributed by atoms with Crippen LogP contribution in [-0.2, 0) is 10.0 Å². The van der Waals surface area contributed by atoms with E-state index in [-0.39, 0.29) is 0 Å². The van der Waals surface area contributed by atoms with Crippen molar-refractivity contribution in [3.63, 3.8) is 0 Å². The van der Waals surface area contributed by atoms with Gasteiger partial charge < -0.3 is 5.32 Å². The molecular formula is C15H24N2O2S2. The average molecular weight is 329 g/mol. The van der Waals surface area contributed by atoms with Crippen molar-refractivity contribution in [2.45, 2.75) is 50.5 Å². The van der Waals surface area contributed by atoms with Gasteiger partial charge in [-0.3, -0.25) is 0 Å². The van der Waals surface area contributed by atoms with Crippen LogP contribution in [0.5, 0.6) is 0 Å². The van der Waals surface area contributed by atoms with Gasteiger partial charge in [-0.15, -0.1) is 11.3 Å². The average Bonchev–Trinajstić information content (AvgIpc) is 3.21. The summed E-state index contributed by atoms with van der Waals surface area (Å²) >= 11 is 1.56. The third kappa shape index (κ3) is 3.50. The lowest BCUT2D eigenvalue weighted by Gasteiger charge is -2.31. The van der Waals surface area contributed by atoms with Crippen LogP contribution in [0.1, 0.15) is 35.4 Å². The molecule has 0 amide bonds. The number of piperidine rings is 1. The van der Waals surface area contributed by atoms with Crippen molar-refractivity contribution < 1.29 is 8.42 Å². The normalized spacial score (nSPS) is 21.8. The van der Waals surface area contributed by atoms with Crippen LogP contribution in [0.4, 0.5) is 0 Å². The van der Waals surface area contributed by atoms with Crippen molar-refractivity contribution in [2.75, 3.05) is 19.6 Å². The Kier molecular flexibility index (Phi) is 4.41. The minimum absolute atomic E-state index is 0.488. The number of sulfonamides is 1. The molecule has 1 N–H and O–H groups in total. The van der Waals surface area contributed by atoms with E-state index in [0.29, 0.717) is 24.0 Å². The van der Waals surface area contributed by atoms with Gasteiger partial charge in [0.05, 0.1) is 4.90 Å². The Labute approximate surface area is 131 Å². The van der Waals surface area contributed by atoms with Gasteiger partial charge in [0.1, 0.15) is 0 Å². The highest BCUT2D eigenvalue weighted by molar-refractivity contribution is 7.89. The molecule has 0 radical (unpaired) electrons. The molecule has 0 bridgehead atoms. The maximum Gasteiger partial charge on any atom is 0.244 e. The van der Waals surface area contributed by atoms with Gasteiger partial charge >= 0.3 is 0 Å². The van der Waals surface area contributed by atoms with E-state index in [4.69, 9.17) is 0 Å². The van der Waals surface area contributed by atoms with Crippen molar-refractivity contribution >= 4 is 21.4 Å². The van der Waals surface area contributed by atoms with E-state index >= 15 is 0 Å². The first-order chi connectivity index (χ1) is 9.96. The molecule has 0 atom stereocenters. The number of hydrogen-bond donors (Lipinski definition) is 1. The first kappa shape index (κ1) is 15.5. The molecule has 0 unspecified atom stereocenters. The molecule has 0 aromatic carbocycles. The van der Waals surface area contributed by atoms with E-state index in [1.165, 1.54) is 12.8 Å². The Morgan fingerprint density at radius 2 is 1.90 bits per heavy atom. The van der Waals surface area contributed by atoms with Crippen molar-refractivity contribution in [2.24, 2.45) is 5.92 Å². The van der Waals surface area contributed by atoms with Gasteiger partial charge in [0.2, 0.25) is 10.0 Å². The fraction of sp³-hybridized carbons (Fsp3) is 0.733. The van der Waals surface area contributed by atoms with E-state index in [2.05, 4.69) is 5.32 Å². The van der Waals surface area contributed by atoms with Crippen molar-refractivity contribution in [3.05, 3.63) is 15.8 Å². The zero-order valence-corrected chi connectivity index (χ0v) is 14.4. The second-order valence-electron chi connectivity index (χ2n) is 6.31. The molecule has 2 aliphatic rings. The first-order valence-corrected chi connectivity index (χ1v) is 10.0. The summed E-state index contributed by atoms with van der Waals surface area (Å²) in [6.07, 6.45) is 4.57. The van der Waals surface area contributed by atoms with Crippen LogP contribution in [0.15, 0.2) is 11.0 Å². The third-order valence-electron chi connectivity index (χ3n) is 4.46. The number of nitrogens with one attached hydrogen (secondary N) is 1. The largest absolute Gasteiger partial charge is 0.314 e. The highest BCUT2D eigenvalue weighted by Gasteiger charge is 2.31. The highest BCUT2D eigenvalue weighted by Crippen LogP contribution is 2.30. The van der Waals surface area contributed by atoms with Gasteiger partial charge in [-0.05, 0) is 58.1 Å². The maximum atomic E-state index is 12.7. The summed E-state index contributed by atoms with van der Waals surface area (Å²) in [5, 5.41) is 3.59. The summed E-state index contributed by atoms with van der Waals surface area (Å²) in [6.45, 7) is 6.25. The standard InChI is InChI=1S/C15H24N2O2S2/c1-11-9-15(12(2)20-11)21(18,19)17-7-5-14(6-8-17)16-10-13-3-4-13/h9,13-14,16H,3-8,10H2,1-2H3. The fourth-order valence-electron chi connectivity index (χ4n) is 2.96. The Bertz CT molecular complexity index is 597. The Morgan fingerprint density at radius 3 is 2.43 bits per heavy atom. The molecule has 6 heteroatoms. The zero-order chi connectivity index (χ0) is 15.0. The molecule has 1 saturated heterocycles. The molecule has 1 aromatic rings.